The van der Waals surface area contributed by atoms with E-state index in [-0.39, 0.29) is 41.4 Å². The van der Waals surface area contributed by atoms with Crippen molar-refractivity contribution in [2.24, 2.45) is 5.41 Å². The Balaban J connectivity index is 1.62. The molecular formula is C24H23Cl2F3N2O3. The summed E-state index contributed by atoms with van der Waals surface area (Å²) in [6, 6.07) is 12.6. The molecule has 2 saturated heterocycles. The minimum Gasteiger partial charge on any atom is -0.368 e. The molecule has 0 bridgehead atoms. The molecule has 5 nitrogen and oxygen atoms in total. The predicted molar refractivity (Wildman–Crippen MR) is 121 cm³/mol. The summed E-state index contributed by atoms with van der Waals surface area (Å²) in [4.78, 5) is 26.4. The van der Waals surface area contributed by atoms with Gasteiger partial charge in [0.25, 0.3) is 11.5 Å². The van der Waals surface area contributed by atoms with Gasteiger partial charge in [-0.15, -0.1) is 0 Å². The average Bonchev–Trinajstić information content (AvgIpc) is 2.78. The van der Waals surface area contributed by atoms with Gasteiger partial charge >= 0.3 is 6.18 Å². The highest BCUT2D eigenvalue weighted by Crippen LogP contribution is 2.50. The van der Waals surface area contributed by atoms with E-state index in [1.165, 1.54) is 6.07 Å². The summed E-state index contributed by atoms with van der Waals surface area (Å²) in [5, 5.41) is 13.4. The minimum atomic E-state index is -5.30. The average molecular weight is 515 g/mol. The van der Waals surface area contributed by atoms with Crippen LogP contribution >= 0.6 is 23.2 Å². The second-order valence-electron chi connectivity index (χ2n) is 8.96. The summed E-state index contributed by atoms with van der Waals surface area (Å²) in [6.07, 6.45) is -4.42. The largest absolute Gasteiger partial charge is 0.430 e. The van der Waals surface area contributed by atoms with Crippen LogP contribution in [0.15, 0.2) is 48.5 Å². The van der Waals surface area contributed by atoms with Crippen LogP contribution in [0.4, 0.5) is 13.2 Å². The van der Waals surface area contributed by atoms with Crippen LogP contribution in [0.5, 0.6) is 0 Å². The summed E-state index contributed by atoms with van der Waals surface area (Å²) in [5.41, 5.74) is -3.99. The Labute approximate surface area is 204 Å². The first-order valence-electron chi connectivity index (χ1n) is 10.8. The van der Waals surface area contributed by atoms with Gasteiger partial charge in [-0.3, -0.25) is 9.59 Å². The lowest BCUT2D eigenvalue weighted by Crippen LogP contribution is -2.59. The molecule has 2 aliphatic rings. The number of piperidine rings is 2. The SMILES string of the molecule is O=C1CC2(CCN(C(=O)[C@@](O)(c3cc(Cl)cc(Cl)c3)C(F)(F)F)CC2)[C@H](c2ccccc2)CN1. The molecule has 2 N–H and O–H groups in total. The Kier molecular flexibility index (Phi) is 6.61. The van der Waals surface area contributed by atoms with Crippen LogP contribution in [0.3, 0.4) is 0 Å². The number of hydrogen-bond acceptors (Lipinski definition) is 3. The molecule has 4 rings (SSSR count). The van der Waals surface area contributed by atoms with Crippen LogP contribution in [0.1, 0.15) is 36.3 Å². The fourth-order valence-electron chi connectivity index (χ4n) is 5.17. The second kappa shape index (κ2) is 9.06. The number of carbonyl (C=O) groups excluding carboxylic acids is 2. The summed E-state index contributed by atoms with van der Waals surface area (Å²) in [5.74, 6) is -1.63. The summed E-state index contributed by atoms with van der Waals surface area (Å²) >= 11 is 11.7. The van der Waals surface area contributed by atoms with Gasteiger partial charge in [-0.2, -0.15) is 13.2 Å². The number of carbonyl (C=O) groups is 2. The number of benzene rings is 2. The monoisotopic (exact) mass is 514 g/mol. The van der Waals surface area contributed by atoms with Gasteiger partial charge in [0, 0.05) is 47.6 Å². The molecule has 0 aliphatic carbocycles. The van der Waals surface area contributed by atoms with E-state index < -0.39 is 28.7 Å². The molecule has 34 heavy (non-hydrogen) atoms. The molecule has 2 heterocycles. The van der Waals surface area contributed by atoms with E-state index in [1.807, 2.05) is 30.3 Å². The molecule has 182 valence electrons. The molecule has 0 aromatic heterocycles. The maximum Gasteiger partial charge on any atom is 0.430 e. The van der Waals surface area contributed by atoms with Gasteiger partial charge in [-0.05, 0) is 42.0 Å². The highest BCUT2D eigenvalue weighted by atomic mass is 35.5. The Morgan fingerprint density at radius 3 is 2.21 bits per heavy atom. The third kappa shape index (κ3) is 4.39. The number of halogens is 5. The van der Waals surface area contributed by atoms with Crippen molar-refractivity contribution in [1.82, 2.24) is 10.2 Å². The fourth-order valence-corrected chi connectivity index (χ4v) is 5.70. The Morgan fingerprint density at radius 1 is 1.06 bits per heavy atom. The topological polar surface area (TPSA) is 69.6 Å². The summed E-state index contributed by atoms with van der Waals surface area (Å²) in [7, 11) is 0. The van der Waals surface area contributed by atoms with Gasteiger partial charge in [-0.25, -0.2) is 0 Å². The quantitative estimate of drug-likeness (QED) is 0.625. The molecule has 2 atom stereocenters. The van der Waals surface area contributed by atoms with Gasteiger partial charge in [0.1, 0.15) is 0 Å². The molecule has 0 unspecified atom stereocenters. The third-order valence-electron chi connectivity index (χ3n) is 7.00. The highest BCUT2D eigenvalue weighted by molar-refractivity contribution is 6.34. The van der Waals surface area contributed by atoms with Crippen molar-refractivity contribution >= 4 is 35.0 Å². The third-order valence-corrected chi connectivity index (χ3v) is 7.44. The highest BCUT2D eigenvalue weighted by Gasteiger charge is 2.63. The van der Waals surface area contributed by atoms with E-state index in [0.717, 1.165) is 22.6 Å². The van der Waals surface area contributed by atoms with Gasteiger partial charge in [0.2, 0.25) is 5.91 Å². The fraction of sp³-hybridized carbons (Fsp3) is 0.417. The van der Waals surface area contributed by atoms with E-state index in [1.54, 1.807) is 0 Å². The van der Waals surface area contributed by atoms with Crippen molar-refractivity contribution in [2.45, 2.75) is 37.0 Å². The van der Waals surface area contributed by atoms with E-state index in [9.17, 15) is 27.9 Å². The molecule has 2 aromatic carbocycles. The van der Waals surface area contributed by atoms with Crippen LogP contribution in [-0.2, 0) is 15.2 Å². The zero-order chi connectivity index (χ0) is 24.7. The van der Waals surface area contributed by atoms with Crippen molar-refractivity contribution < 1.29 is 27.9 Å². The van der Waals surface area contributed by atoms with Gasteiger partial charge < -0.3 is 15.3 Å². The Hall–Kier alpha value is -2.29. The first-order valence-corrected chi connectivity index (χ1v) is 11.6. The smallest absolute Gasteiger partial charge is 0.368 e. The zero-order valence-corrected chi connectivity index (χ0v) is 19.6. The number of nitrogens with zero attached hydrogens (tertiary/aromatic N) is 1. The number of hydrogen-bond donors (Lipinski definition) is 2. The van der Waals surface area contributed by atoms with Crippen molar-refractivity contribution in [3.63, 3.8) is 0 Å². The maximum absolute atomic E-state index is 14.1. The Bertz CT molecular complexity index is 1070. The first kappa shape index (κ1) is 24.8. The van der Waals surface area contributed by atoms with Crippen molar-refractivity contribution in [3.8, 4) is 0 Å². The van der Waals surface area contributed by atoms with E-state index in [2.05, 4.69) is 5.32 Å². The van der Waals surface area contributed by atoms with Crippen LogP contribution < -0.4 is 5.32 Å². The number of rotatable bonds is 3. The molecular weight excluding hydrogens is 492 g/mol. The molecule has 0 radical (unpaired) electrons. The van der Waals surface area contributed by atoms with Crippen molar-refractivity contribution in [2.75, 3.05) is 19.6 Å². The van der Waals surface area contributed by atoms with Crippen molar-refractivity contribution in [3.05, 3.63) is 69.7 Å². The standard InChI is InChI=1S/C24H23Cl2F3N2O3/c25-17-10-16(11-18(26)12-17)23(34,24(27,28)29)21(33)31-8-6-22(7-9-31)13-20(32)30-14-19(22)15-4-2-1-3-5-15/h1-5,10-12,19,34H,6-9,13-14H2,(H,30,32)/t19-,23-/m0/s1. The molecule has 2 aromatic rings. The van der Waals surface area contributed by atoms with Crippen LogP contribution in [0, 0.1) is 5.41 Å². The molecule has 1 spiro atoms. The van der Waals surface area contributed by atoms with E-state index in [4.69, 9.17) is 23.2 Å². The molecule has 10 heteroatoms. The van der Waals surface area contributed by atoms with Gasteiger partial charge in [0.05, 0.1) is 0 Å². The van der Waals surface area contributed by atoms with E-state index >= 15 is 0 Å². The minimum absolute atomic E-state index is 0.0257. The number of aliphatic hydroxyl groups is 1. The number of likely N-dealkylation sites (tertiary alicyclic amines) is 1. The normalized spacial score (nSPS) is 22.2. The maximum atomic E-state index is 14.1. The molecule has 2 aliphatic heterocycles. The van der Waals surface area contributed by atoms with Crippen LogP contribution in [0.25, 0.3) is 0 Å². The predicted octanol–water partition coefficient (Wildman–Crippen LogP) is 4.66. The van der Waals surface area contributed by atoms with Gasteiger partial charge in [-0.1, -0.05) is 53.5 Å². The lowest BCUT2D eigenvalue weighted by molar-refractivity contribution is -0.262. The van der Waals surface area contributed by atoms with Gasteiger partial charge in [0.15, 0.2) is 0 Å². The second-order valence-corrected chi connectivity index (χ2v) is 9.84. The Morgan fingerprint density at radius 2 is 1.65 bits per heavy atom. The number of amides is 2. The first-order chi connectivity index (χ1) is 16.0. The molecule has 0 saturated carbocycles. The number of alkyl halides is 3. The zero-order valence-electron chi connectivity index (χ0n) is 18.0. The molecule has 2 amide bonds. The number of nitrogens with one attached hydrogen (secondary N) is 1. The van der Waals surface area contributed by atoms with Crippen molar-refractivity contribution in [1.29, 1.82) is 0 Å². The van der Waals surface area contributed by atoms with Crippen LogP contribution in [0.2, 0.25) is 10.0 Å². The molecule has 2 fully saturated rings. The van der Waals surface area contributed by atoms with E-state index in [0.29, 0.717) is 19.4 Å². The van der Waals surface area contributed by atoms with Crippen LogP contribution in [-0.4, -0.2) is 47.6 Å². The lowest BCUT2D eigenvalue weighted by Gasteiger charge is -2.50. The lowest BCUT2D eigenvalue weighted by atomic mass is 9.62. The summed E-state index contributed by atoms with van der Waals surface area (Å²) in [6.45, 7) is 0.370. The summed E-state index contributed by atoms with van der Waals surface area (Å²) < 4.78 is 42.3.